The molecule has 3 aromatic rings. The molecule has 0 bridgehead atoms. The lowest BCUT2D eigenvalue weighted by Gasteiger charge is -2.35. The summed E-state index contributed by atoms with van der Waals surface area (Å²) in [4.78, 5) is 15.6. The Morgan fingerprint density at radius 3 is 2.69 bits per heavy atom. The van der Waals surface area contributed by atoms with Crippen LogP contribution in [0.1, 0.15) is 31.6 Å². The smallest absolute Gasteiger partial charge is 0.157 e. The predicted molar refractivity (Wildman–Crippen MR) is 106 cm³/mol. The number of fused-ring (bicyclic) bond motifs is 1. The molecule has 0 amide bonds. The fourth-order valence-electron chi connectivity index (χ4n) is 3.90. The predicted octanol–water partition coefficient (Wildman–Crippen LogP) is 3.93. The molecule has 1 aliphatic heterocycles. The monoisotopic (exact) mass is 370 g/mol. The summed E-state index contributed by atoms with van der Waals surface area (Å²) in [5.41, 5.74) is 3.13. The van der Waals surface area contributed by atoms with Gasteiger partial charge in [-0.25, -0.2) is 15.0 Å². The lowest BCUT2D eigenvalue weighted by molar-refractivity contribution is 0.394. The van der Waals surface area contributed by atoms with Crippen LogP contribution in [0.15, 0.2) is 30.6 Å². The van der Waals surface area contributed by atoms with Crippen molar-refractivity contribution < 1.29 is 0 Å². The third-order valence-corrected chi connectivity index (χ3v) is 5.43. The number of piperidine rings is 1. The largest absolute Gasteiger partial charge is 0.383 e. The van der Waals surface area contributed by atoms with E-state index >= 15 is 0 Å². The summed E-state index contributed by atoms with van der Waals surface area (Å²) >= 11 is 6.21. The van der Waals surface area contributed by atoms with Crippen molar-refractivity contribution in [3.8, 4) is 0 Å². The summed E-state index contributed by atoms with van der Waals surface area (Å²) in [5.74, 6) is 2.06. The highest BCUT2D eigenvalue weighted by Gasteiger charge is 2.26. The molecule has 1 saturated heterocycles. The molecule has 1 N–H and O–H groups in total. The van der Waals surface area contributed by atoms with Gasteiger partial charge in [0.15, 0.2) is 11.0 Å². The van der Waals surface area contributed by atoms with Crippen molar-refractivity contribution in [1.29, 1.82) is 0 Å². The van der Waals surface area contributed by atoms with Crippen LogP contribution in [0.3, 0.4) is 0 Å². The lowest BCUT2D eigenvalue weighted by atomic mass is 10.0. The zero-order chi connectivity index (χ0) is 18.1. The summed E-state index contributed by atoms with van der Waals surface area (Å²) in [6.07, 6.45) is 4.58. The molecule has 0 unspecified atom stereocenters. The molecule has 1 aromatic carbocycles. The highest BCUT2D eigenvalue weighted by Crippen LogP contribution is 2.34. The fraction of sp³-hybridized carbons (Fsp3) is 0.421. The van der Waals surface area contributed by atoms with E-state index in [0.29, 0.717) is 11.2 Å². The average molecular weight is 371 g/mol. The minimum Gasteiger partial charge on any atom is -0.383 e. The number of aryl methyl sites for hydroxylation is 1. The summed E-state index contributed by atoms with van der Waals surface area (Å²) < 4.78 is 2.44. The van der Waals surface area contributed by atoms with Crippen LogP contribution < -0.4 is 10.2 Å². The van der Waals surface area contributed by atoms with Crippen molar-refractivity contribution in [3.05, 3.63) is 41.6 Å². The molecule has 0 atom stereocenters. The third-order valence-electron chi connectivity index (χ3n) is 5.15. The van der Waals surface area contributed by atoms with Gasteiger partial charge in [0, 0.05) is 32.6 Å². The molecule has 6 nitrogen and oxygen atoms in total. The quantitative estimate of drug-likeness (QED) is 0.705. The van der Waals surface area contributed by atoms with Crippen LogP contribution in [0.25, 0.3) is 11.0 Å². The summed E-state index contributed by atoms with van der Waals surface area (Å²) in [7, 11) is 1.85. The van der Waals surface area contributed by atoms with Crippen LogP contribution in [-0.4, -0.2) is 39.7 Å². The molecule has 7 heteroatoms. The second-order valence-electron chi connectivity index (χ2n) is 6.57. The van der Waals surface area contributed by atoms with Crippen LogP contribution in [-0.2, 0) is 6.42 Å². The number of anilines is 2. The number of halogens is 1. The van der Waals surface area contributed by atoms with Crippen molar-refractivity contribution >= 4 is 34.1 Å². The van der Waals surface area contributed by atoms with E-state index < -0.39 is 0 Å². The second kappa shape index (κ2) is 7.11. The number of hydrogen-bond acceptors (Lipinski definition) is 5. The van der Waals surface area contributed by atoms with Crippen molar-refractivity contribution in [3.63, 3.8) is 0 Å². The molecule has 136 valence electrons. The van der Waals surface area contributed by atoms with Gasteiger partial charge in [0.2, 0.25) is 0 Å². The van der Waals surface area contributed by atoms with Crippen LogP contribution in [0.5, 0.6) is 0 Å². The number of rotatable bonds is 4. The van der Waals surface area contributed by atoms with Gasteiger partial charge in [-0.05, 0) is 25.0 Å². The number of hydrogen-bond donors (Lipinski definition) is 1. The number of benzene rings is 1. The van der Waals surface area contributed by atoms with Crippen molar-refractivity contribution in [2.24, 2.45) is 0 Å². The normalized spacial score (nSPS) is 15.6. The van der Waals surface area contributed by atoms with E-state index in [0.717, 1.165) is 49.4 Å². The molecule has 3 heterocycles. The molecule has 0 aliphatic carbocycles. The Balaban J connectivity index is 1.59. The summed E-state index contributed by atoms with van der Waals surface area (Å²) in [6, 6.07) is 8.89. The SMILES string of the molecule is CCc1nc2ccccc2n1C1CCN(c2ncnc(Cl)c2NC)CC1. The van der Waals surface area contributed by atoms with Gasteiger partial charge >= 0.3 is 0 Å². The number of nitrogens with zero attached hydrogens (tertiary/aromatic N) is 5. The first-order chi connectivity index (χ1) is 12.7. The van der Waals surface area contributed by atoms with Gasteiger partial charge in [0.05, 0.1) is 11.0 Å². The minimum atomic E-state index is 0.462. The van der Waals surface area contributed by atoms with Gasteiger partial charge in [0.1, 0.15) is 17.8 Å². The zero-order valence-corrected chi connectivity index (χ0v) is 15.9. The highest BCUT2D eigenvalue weighted by atomic mass is 35.5. The Bertz CT molecular complexity index is 914. The van der Waals surface area contributed by atoms with E-state index in [4.69, 9.17) is 16.6 Å². The molecule has 26 heavy (non-hydrogen) atoms. The lowest BCUT2D eigenvalue weighted by Crippen LogP contribution is -2.36. The van der Waals surface area contributed by atoms with E-state index in [2.05, 4.69) is 55.9 Å². The van der Waals surface area contributed by atoms with Crippen LogP contribution in [0.4, 0.5) is 11.5 Å². The van der Waals surface area contributed by atoms with Gasteiger partial charge in [-0.3, -0.25) is 0 Å². The van der Waals surface area contributed by atoms with Crippen LogP contribution in [0.2, 0.25) is 5.15 Å². The van der Waals surface area contributed by atoms with Crippen LogP contribution >= 0.6 is 11.6 Å². The van der Waals surface area contributed by atoms with Gasteiger partial charge in [-0.2, -0.15) is 0 Å². The molecular formula is C19H23ClN6. The molecule has 4 rings (SSSR count). The maximum Gasteiger partial charge on any atom is 0.157 e. The average Bonchev–Trinajstić information content (AvgIpc) is 3.06. The Morgan fingerprint density at radius 2 is 1.96 bits per heavy atom. The van der Waals surface area contributed by atoms with Crippen molar-refractivity contribution in [2.45, 2.75) is 32.2 Å². The first-order valence-electron chi connectivity index (χ1n) is 9.12. The highest BCUT2D eigenvalue weighted by molar-refractivity contribution is 6.32. The minimum absolute atomic E-state index is 0.462. The summed E-state index contributed by atoms with van der Waals surface area (Å²) in [5, 5.41) is 3.59. The molecule has 0 spiro atoms. The first kappa shape index (κ1) is 17.1. The number of imidazole rings is 1. The van der Waals surface area contributed by atoms with E-state index in [1.807, 2.05) is 7.05 Å². The number of nitrogens with one attached hydrogen (secondary N) is 1. The van der Waals surface area contributed by atoms with Crippen molar-refractivity contribution in [1.82, 2.24) is 19.5 Å². The van der Waals surface area contributed by atoms with Gasteiger partial charge in [-0.1, -0.05) is 30.7 Å². The Hall–Kier alpha value is -2.34. The Morgan fingerprint density at radius 1 is 1.19 bits per heavy atom. The molecule has 0 radical (unpaired) electrons. The molecule has 2 aromatic heterocycles. The van der Waals surface area contributed by atoms with Gasteiger partial charge in [-0.15, -0.1) is 0 Å². The maximum absolute atomic E-state index is 6.21. The number of aromatic nitrogens is 4. The van der Waals surface area contributed by atoms with Gasteiger partial charge in [0.25, 0.3) is 0 Å². The van der Waals surface area contributed by atoms with E-state index in [1.54, 1.807) is 0 Å². The molecule has 0 saturated carbocycles. The Labute approximate surface area is 158 Å². The summed E-state index contributed by atoms with van der Waals surface area (Å²) in [6.45, 7) is 4.04. The van der Waals surface area contributed by atoms with Gasteiger partial charge < -0.3 is 14.8 Å². The standard InChI is InChI=1S/C19H23ClN6/c1-3-16-24-14-6-4-5-7-15(14)26(16)13-8-10-25(11-9-13)19-17(21-2)18(20)22-12-23-19/h4-7,12-13,21H,3,8-11H2,1-2H3. The fourth-order valence-corrected chi connectivity index (χ4v) is 4.12. The molecule has 1 fully saturated rings. The van der Waals surface area contributed by atoms with E-state index in [9.17, 15) is 0 Å². The zero-order valence-electron chi connectivity index (χ0n) is 15.1. The Kier molecular flexibility index (Phi) is 4.68. The van der Waals surface area contributed by atoms with Crippen molar-refractivity contribution in [2.75, 3.05) is 30.4 Å². The molecular weight excluding hydrogens is 348 g/mol. The number of para-hydroxylation sites is 2. The first-order valence-corrected chi connectivity index (χ1v) is 9.49. The second-order valence-corrected chi connectivity index (χ2v) is 6.93. The maximum atomic E-state index is 6.21. The van der Waals surface area contributed by atoms with E-state index in [-0.39, 0.29) is 0 Å². The van der Waals surface area contributed by atoms with E-state index in [1.165, 1.54) is 17.7 Å². The third kappa shape index (κ3) is 2.88. The van der Waals surface area contributed by atoms with Crippen LogP contribution in [0, 0.1) is 0 Å². The topological polar surface area (TPSA) is 58.9 Å². The molecule has 1 aliphatic rings.